The van der Waals surface area contributed by atoms with Gasteiger partial charge in [-0.3, -0.25) is 14.2 Å². The molecule has 0 radical (unpaired) electrons. The maximum Gasteiger partial charge on any atom is 0.263 e. The van der Waals surface area contributed by atoms with E-state index in [1.807, 2.05) is 24.3 Å². The van der Waals surface area contributed by atoms with Crippen LogP contribution in [0.2, 0.25) is 0 Å². The van der Waals surface area contributed by atoms with Crippen LogP contribution in [0.5, 0.6) is 5.75 Å². The van der Waals surface area contributed by atoms with Crippen molar-refractivity contribution in [1.82, 2.24) is 14.5 Å². The number of ether oxygens (including phenoxy) is 1. The molecule has 9 heteroatoms. The molecule has 0 spiro atoms. The van der Waals surface area contributed by atoms with Gasteiger partial charge in [-0.2, -0.15) is 0 Å². The zero-order valence-electron chi connectivity index (χ0n) is 17.1. The number of amides is 1. The summed E-state index contributed by atoms with van der Waals surface area (Å²) in [6.45, 7) is 0.262. The van der Waals surface area contributed by atoms with E-state index in [1.54, 1.807) is 37.6 Å². The molecule has 0 aliphatic heterocycles. The van der Waals surface area contributed by atoms with E-state index in [-0.39, 0.29) is 23.5 Å². The number of pyridine rings is 1. The lowest BCUT2D eigenvalue weighted by Crippen LogP contribution is -2.25. The molecule has 2 aromatic carbocycles. The maximum absolute atomic E-state index is 13.8. The first-order valence-corrected chi connectivity index (χ1v) is 10.7. The molecule has 0 saturated carbocycles. The number of carbonyl (C=O) groups excluding carboxylic acids is 1. The number of aromatic nitrogens is 3. The third-order valence-corrected chi connectivity index (χ3v) is 5.65. The molecule has 0 aliphatic carbocycles. The van der Waals surface area contributed by atoms with Gasteiger partial charge in [-0.05, 0) is 42.0 Å². The highest BCUT2D eigenvalue weighted by Gasteiger charge is 2.15. The van der Waals surface area contributed by atoms with Crippen molar-refractivity contribution in [2.24, 2.45) is 0 Å². The van der Waals surface area contributed by atoms with Crippen molar-refractivity contribution in [2.75, 3.05) is 18.2 Å². The highest BCUT2D eigenvalue weighted by Crippen LogP contribution is 2.20. The Morgan fingerprint density at radius 2 is 1.91 bits per heavy atom. The molecular weight excluding hydrogens is 431 g/mol. The number of carbonyl (C=O) groups is 1. The summed E-state index contributed by atoms with van der Waals surface area (Å²) in [5, 5.41) is 3.27. The molecule has 32 heavy (non-hydrogen) atoms. The van der Waals surface area contributed by atoms with E-state index < -0.39 is 11.7 Å². The van der Waals surface area contributed by atoms with Crippen LogP contribution >= 0.6 is 11.8 Å². The lowest BCUT2D eigenvalue weighted by Gasteiger charge is -2.13. The Morgan fingerprint density at radius 3 is 2.66 bits per heavy atom. The quantitative estimate of drug-likeness (QED) is 0.341. The molecule has 2 aromatic heterocycles. The molecule has 0 aliphatic rings. The predicted octanol–water partition coefficient (Wildman–Crippen LogP) is 3.72. The molecule has 4 aromatic rings. The molecule has 0 bridgehead atoms. The molecule has 1 N–H and O–H groups in total. The summed E-state index contributed by atoms with van der Waals surface area (Å²) in [7, 11) is 1.58. The number of anilines is 1. The molecule has 0 atom stereocenters. The highest BCUT2D eigenvalue weighted by molar-refractivity contribution is 7.99. The minimum atomic E-state index is -0.518. The van der Waals surface area contributed by atoms with Crippen LogP contribution in [0.25, 0.3) is 11.0 Å². The SMILES string of the molecule is COc1ccc(Cn2c(SCC(=O)Nc3ccccc3F)nc3ncccc3c2=O)cc1. The molecule has 0 unspecified atom stereocenters. The average molecular weight is 450 g/mol. The van der Waals surface area contributed by atoms with E-state index in [0.29, 0.717) is 21.9 Å². The number of benzene rings is 2. The summed E-state index contributed by atoms with van der Waals surface area (Å²) < 4.78 is 20.5. The van der Waals surface area contributed by atoms with E-state index in [4.69, 9.17) is 4.74 Å². The van der Waals surface area contributed by atoms with Crippen LogP contribution in [0.15, 0.2) is 76.8 Å². The van der Waals surface area contributed by atoms with Crippen molar-refractivity contribution in [3.8, 4) is 5.75 Å². The zero-order chi connectivity index (χ0) is 22.5. The van der Waals surface area contributed by atoms with Crippen molar-refractivity contribution >= 4 is 34.4 Å². The van der Waals surface area contributed by atoms with Gasteiger partial charge >= 0.3 is 0 Å². The third kappa shape index (κ3) is 4.78. The van der Waals surface area contributed by atoms with Gasteiger partial charge < -0.3 is 10.1 Å². The lowest BCUT2D eigenvalue weighted by molar-refractivity contribution is -0.113. The predicted molar refractivity (Wildman–Crippen MR) is 122 cm³/mol. The highest BCUT2D eigenvalue weighted by atomic mass is 32.2. The fourth-order valence-corrected chi connectivity index (χ4v) is 3.87. The molecule has 7 nitrogen and oxygen atoms in total. The number of nitrogens with one attached hydrogen (secondary N) is 1. The summed E-state index contributed by atoms with van der Waals surface area (Å²) in [6.07, 6.45) is 1.56. The lowest BCUT2D eigenvalue weighted by atomic mass is 10.2. The first-order valence-electron chi connectivity index (χ1n) is 9.71. The van der Waals surface area contributed by atoms with Crippen molar-refractivity contribution in [3.05, 3.63) is 88.6 Å². The number of para-hydroxylation sites is 1. The van der Waals surface area contributed by atoms with Gasteiger partial charge in [0.05, 0.1) is 30.5 Å². The summed E-state index contributed by atoms with van der Waals surface area (Å²) in [5.41, 5.74) is 1.02. The second-order valence-corrected chi connectivity index (χ2v) is 7.77. The van der Waals surface area contributed by atoms with Gasteiger partial charge in [0, 0.05) is 6.20 Å². The number of hydrogen-bond acceptors (Lipinski definition) is 6. The number of methoxy groups -OCH3 is 1. The monoisotopic (exact) mass is 450 g/mol. The van der Waals surface area contributed by atoms with Crippen molar-refractivity contribution in [1.29, 1.82) is 0 Å². The fraction of sp³-hybridized carbons (Fsp3) is 0.130. The van der Waals surface area contributed by atoms with Crippen LogP contribution in [-0.4, -0.2) is 33.3 Å². The molecular formula is C23H19FN4O3S. The van der Waals surface area contributed by atoms with Gasteiger partial charge in [-0.1, -0.05) is 36.0 Å². The van der Waals surface area contributed by atoms with Crippen LogP contribution in [0.1, 0.15) is 5.56 Å². The number of fused-ring (bicyclic) bond motifs is 1. The van der Waals surface area contributed by atoms with Crippen LogP contribution in [0.4, 0.5) is 10.1 Å². The second-order valence-electron chi connectivity index (χ2n) is 6.83. The molecule has 1 amide bonds. The van der Waals surface area contributed by atoms with Crippen molar-refractivity contribution < 1.29 is 13.9 Å². The smallest absolute Gasteiger partial charge is 0.263 e. The van der Waals surface area contributed by atoms with E-state index in [1.165, 1.54) is 16.7 Å². The van der Waals surface area contributed by atoms with E-state index >= 15 is 0 Å². The number of hydrogen-bond donors (Lipinski definition) is 1. The number of halogens is 1. The van der Waals surface area contributed by atoms with Crippen molar-refractivity contribution in [3.63, 3.8) is 0 Å². The first-order chi connectivity index (χ1) is 15.5. The van der Waals surface area contributed by atoms with Gasteiger partial charge in [-0.25, -0.2) is 14.4 Å². The second kappa shape index (κ2) is 9.61. The Kier molecular flexibility index (Phi) is 6.46. The molecule has 0 saturated heterocycles. The van der Waals surface area contributed by atoms with Gasteiger partial charge in [0.25, 0.3) is 5.56 Å². The molecule has 2 heterocycles. The van der Waals surface area contributed by atoms with Crippen LogP contribution in [0, 0.1) is 5.82 Å². The van der Waals surface area contributed by atoms with Crippen LogP contribution in [-0.2, 0) is 11.3 Å². The van der Waals surface area contributed by atoms with E-state index in [9.17, 15) is 14.0 Å². The number of rotatable bonds is 7. The van der Waals surface area contributed by atoms with Crippen LogP contribution in [0.3, 0.4) is 0 Å². The molecule has 162 valence electrons. The Balaban J connectivity index is 1.61. The minimum absolute atomic E-state index is 0.0538. The largest absolute Gasteiger partial charge is 0.497 e. The summed E-state index contributed by atoms with van der Waals surface area (Å²) in [5.74, 6) is -0.273. The third-order valence-electron chi connectivity index (χ3n) is 4.67. The average Bonchev–Trinajstić information content (AvgIpc) is 2.82. The Hall–Kier alpha value is -3.72. The van der Waals surface area contributed by atoms with E-state index in [2.05, 4.69) is 15.3 Å². The maximum atomic E-state index is 13.8. The standard InChI is InChI=1S/C23H19FN4O3S/c1-31-16-10-8-15(9-11-16)13-28-22(30)17-5-4-12-25-21(17)27-23(28)32-14-20(29)26-19-7-3-2-6-18(19)24/h2-12H,13-14H2,1H3,(H,26,29). The molecule has 0 fully saturated rings. The fourth-order valence-electron chi connectivity index (χ4n) is 3.08. The summed E-state index contributed by atoms with van der Waals surface area (Å²) in [6, 6.07) is 16.6. The van der Waals surface area contributed by atoms with Gasteiger partial charge in [0.2, 0.25) is 5.91 Å². The first kappa shape index (κ1) is 21.5. The Morgan fingerprint density at radius 1 is 1.12 bits per heavy atom. The number of nitrogens with zero attached hydrogens (tertiary/aromatic N) is 3. The normalized spacial score (nSPS) is 10.8. The Bertz CT molecular complexity index is 1330. The summed E-state index contributed by atoms with van der Waals surface area (Å²) >= 11 is 1.09. The van der Waals surface area contributed by atoms with Gasteiger partial charge in [0.1, 0.15) is 11.6 Å². The Labute approximate surface area is 187 Å². The minimum Gasteiger partial charge on any atom is -0.497 e. The van der Waals surface area contributed by atoms with Crippen molar-refractivity contribution in [2.45, 2.75) is 11.7 Å². The number of thioether (sulfide) groups is 1. The van der Waals surface area contributed by atoms with E-state index in [0.717, 1.165) is 17.3 Å². The van der Waals surface area contributed by atoms with Gasteiger partial charge in [0.15, 0.2) is 10.8 Å². The zero-order valence-corrected chi connectivity index (χ0v) is 17.9. The van der Waals surface area contributed by atoms with Gasteiger partial charge in [-0.15, -0.1) is 0 Å². The topological polar surface area (TPSA) is 86.1 Å². The summed E-state index contributed by atoms with van der Waals surface area (Å²) in [4.78, 5) is 34.2. The van der Waals surface area contributed by atoms with Crippen LogP contribution < -0.4 is 15.6 Å². The molecule has 4 rings (SSSR count).